The first-order chi connectivity index (χ1) is 12.8. The molecule has 0 amide bonds. The van der Waals surface area contributed by atoms with E-state index in [9.17, 15) is 0 Å². The van der Waals surface area contributed by atoms with Crippen LogP contribution in [0.3, 0.4) is 0 Å². The summed E-state index contributed by atoms with van der Waals surface area (Å²) in [4.78, 5) is 12.2. The highest BCUT2D eigenvalue weighted by molar-refractivity contribution is 5.40. The number of piperidine rings is 1. The number of aromatic nitrogens is 1. The predicted octanol–water partition coefficient (Wildman–Crippen LogP) is 3.56. The van der Waals surface area contributed by atoms with E-state index < -0.39 is 0 Å². The van der Waals surface area contributed by atoms with Crippen LogP contribution in [-0.4, -0.2) is 54.6 Å². The van der Waals surface area contributed by atoms with Crippen LogP contribution in [-0.2, 0) is 6.54 Å². The molecule has 2 aliphatic rings. The van der Waals surface area contributed by atoms with Gasteiger partial charge in [-0.05, 0) is 43.6 Å². The standard InChI is InChI=1S/C22H30N4/c1-24-13-15-25(16-14-24)22-11-10-20(17-23-22)21-9-5-6-12-26(21)18-19-7-3-2-4-8-19/h2-4,7-8,10-11,17,21H,5-6,9,12-16,18H2,1H3. The Labute approximate surface area is 157 Å². The molecular weight excluding hydrogens is 320 g/mol. The molecule has 0 radical (unpaired) electrons. The van der Waals surface area contributed by atoms with Gasteiger partial charge < -0.3 is 9.80 Å². The summed E-state index contributed by atoms with van der Waals surface area (Å²) < 4.78 is 0. The van der Waals surface area contributed by atoms with Crippen molar-refractivity contribution in [3.05, 3.63) is 59.8 Å². The zero-order valence-corrected chi connectivity index (χ0v) is 15.8. The maximum absolute atomic E-state index is 4.82. The number of pyridine rings is 1. The minimum atomic E-state index is 0.498. The van der Waals surface area contributed by atoms with Crippen molar-refractivity contribution < 1.29 is 0 Å². The molecule has 1 aromatic heterocycles. The lowest BCUT2D eigenvalue weighted by Gasteiger charge is -2.36. The summed E-state index contributed by atoms with van der Waals surface area (Å²) in [5, 5.41) is 0. The number of benzene rings is 1. The van der Waals surface area contributed by atoms with Gasteiger partial charge in [0.2, 0.25) is 0 Å². The third kappa shape index (κ3) is 4.08. The third-order valence-corrected chi connectivity index (χ3v) is 5.82. The van der Waals surface area contributed by atoms with Crippen molar-refractivity contribution in [2.75, 3.05) is 44.7 Å². The van der Waals surface area contributed by atoms with Crippen LogP contribution in [0.1, 0.15) is 36.4 Å². The SMILES string of the molecule is CN1CCN(c2ccc(C3CCCCN3Cc3ccccc3)cn2)CC1. The number of likely N-dealkylation sites (N-methyl/N-ethyl adjacent to an activating group) is 1. The van der Waals surface area contributed by atoms with Crippen molar-refractivity contribution in [1.82, 2.24) is 14.8 Å². The van der Waals surface area contributed by atoms with Crippen LogP contribution in [0.15, 0.2) is 48.7 Å². The lowest BCUT2D eigenvalue weighted by molar-refractivity contribution is 0.140. The van der Waals surface area contributed by atoms with Crippen molar-refractivity contribution in [2.45, 2.75) is 31.8 Å². The van der Waals surface area contributed by atoms with E-state index in [1.807, 2.05) is 0 Å². The Morgan fingerprint density at radius 2 is 1.73 bits per heavy atom. The van der Waals surface area contributed by atoms with Gasteiger partial charge >= 0.3 is 0 Å². The second-order valence-electron chi connectivity index (χ2n) is 7.71. The largest absolute Gasteiger partial charge is 0.354 e. The highest BCUT2D eigenvalue weighted by Gasteiger charge is 2.24. The fourth-order valence-electron chi connectivity index (χ4n) is 4.19. The van der Waals surface area contributed by atoms with Crippen LogP contribution in [0.4, 0.5) is 5.82 Å². The molecule has 1 unspecified atom stereocenters. The first-order valence-electron chi connectivity index (χ1n) is 9.97. The van der Waals surface area contributed by atoms with Crippen LogP contribution < -0.4 is 4.90 Å². The number of hydrogen-bond acceptors (Lipinski definition) is 4. The zero-order chi connectivity index (χ0) is 17.8. The van der Waals surface area contributed by atoms with E-state index in [0.29, 0.717) is 6.04 Å². The molecule has 2 aromatic rings. The average Bonchev–Trinajstić information content (AvgIpc) is 2.70. The van der Waals surface area contributed by atoms with Crippen molar-refractivity contribution in [3.8, 4) is 0 Å². The van der Waals surface area contributed by atoms with E-state index in [2.05, 4.69) is 70.4 Å². The van der Waals surface area contributed by atoms with E-state index >= 15 is 0 Å². The van der Waals surface area contributed by atoms with E-state index in [1.54, 1.807) is 0 Å². The monoisotopic (exact) mass is 350 g/mol. The van der Waals surface area contributed by atoms with E-state index in [0.717, 1.165) is 38.5 Å². The number of anilines is 1. The minimum Gasteiger partial charge on any atom is -0.354 e. The number of hydrogen-bond donors (Lipinski definition) is 0. The Hall–Kier alpha value is -1.91. The fraction of sp³-hybridized carbons (Fsp3) is 0.500. The Bertz CT molecular complexity index is 677. The van der Waals surface area contributed by atoms with E-state index in [1.165, 1.54) is 36.9 Å². The van der Waals surface area contributed by atoms with Gasteiger partial charge in [-0.3, -0.25) is 4.90 Å². The smallest absolute Gasteiger partial charge is 0.128 e. The Kier molecular flexibility index (Phi) is 5.51. The summed E-state index contributed by atoms with van der Waals surface area (Å²) in [7, 11) is 2.19. The maximum Gasteiger partial charge on any atom is 0.128 e. The van der Waals surface area contributed by atoms with Gasteiger partial charge in [0, 0.05) is 45.0 Å². The molecule has 4 nitrogen and oxygen atoms in total. The first-order valence-corrected chi connectivity index (χ1v) is 9.97. The van der Waals surface area contributed by atoms with Gasteiger partial charge in [0.05, 0.1) is 0 Å². The molecule has 1 atom stereocenters. The molecule has 26 heavy (non-hydrogen) atoms. The second kappa shape index (κ2) is 8.19. The Morgan fingerprint density at radius 1 is 0.923 bits per heavy atom. The molecule has 2 saturated heterocycles. The summed E-state index contributed by atoms with van der Waals surface area (Å²) in [6.07, 6.45) is 5.98. The number of likely N-dealkylation sites (tertiary alicyclic amines) is 1. The molecule has 2 aliphatic heterocycles. The fourth-order valence-corrected chi connectivity index (χ4v) is 4.19. The summed E-state index contributed by atoms with van der Waals surface area (Å²) >= 11 is 0. The topological polar surface area (TPSA) is 22.6 Å². The van der Waals surface area contributed by atoms with E-state index in [-0.39, 0.29) is 0 Å². The molecule has 2 fully saturated rings. The zero-order valence-electron chi connectivity index (χ0n) is 15.8. The molecule has 0 saturated carbocycles. The summed E-state index contributed by atoms with van der Waals surface area (Å²) in [6, 6.07) is 15.9. The highest BCUT2D eigenvalue weighted by Crippen LogP contribution is 2.32. The Morgan fingerprint density at radius 3 is 2.46 bits per heavy atom. The summed E-state index contributed by atoms with van der Waals surface area (Å²) in [5.41, 5.74) is 2.78. The second-order valence-corrected chi connectivity index (χ2v) is 7.71. The molecule has 0 aliphatic carbocycles. The number of rotatable bonds is 4. The summed E-state index contributed by atoms with van der Waals surface area (Å²) in [5.74, 6) is 1.13. The predicted molar refractivity (Wildman–Crippen MR) is 107 cm³/mol. The van der Waals surface area contributed by atoms with Crippen molar-refractivity contribution in [3.63, 3.8) is 0 Å². The van der Waals surface area contributed by atoms with Crippen LogP contribution in [0.25, 0.3) is 0 Å². The van der Waals surface area contributed by atoms with Crippen LogP contribution in [0.5, 0.6) is 0 Å². The molecule has 0 bridgehead atoms. The van der Waals surface area contributed by atoms with Gasteiger partial charge in [-0.15, -0.1) is 0 Å². The van der Waals surface area contributed by atoms with Gasteiger partial charge in [0.1, 0.15) is 5.82 Å². The van der Waals surface area contributed by atoms with Crippen LogP contribution in [0, 0.1) is 0 Å². The van der Waals surface area contributed by atoms with Gasteiger partial charge in [0.15, 0.2) is 0 Å². The minimum absolute atomic E-state index is 0.498. The first kappa shape index (κ1) is 17.5. The van der Waals surface area contributed by atoms with Gasteiger partial charge in [-0.1, -0.05) is 42.8 Å². The van der Waals surface area contributed by atoms with Crippen molar-refractivity contribution in [1.29, 1.82) is 0 Å². The Balaban J connectivity index is 1.46. The molecule has 138 valence electrons. The molecule has 0 N–H and O–H groups in total. The average molecular weight is 351 g/mol. The molecule has 3 heterocycles. The molecular formula is C22H30N4. The quantitative estimate of drug-likeness (QED) is 0.841. The van der Waals surface area contributed by atoms with E-state index in [4.69, 9.17) is 4.98 Å². The molecule has 0 spiro atoms. The lowest BCUT2D eigenvalue weighted by atomic mass is 9.95. The maximum atomic E-state index is 4.82. The van der Waals surface area contributed by atoms with Gasteiger partial charge in [-0.25, -0.2) is 4.98 Å². The molecule has 4 heteroatoms. The molecule has 1 aromatic carbocycles. The normalized spacial score (nSPS) is 22.5. The highest BCUT2D eigenvalue weighted by atomic mass is 15.3. The van der Waals surface area contributed by atoms with Crippen molar-refractivity contribution in [2.24, 2.45) is 0 Å². The van der Waals surface area contributed by atoms with Crippen LogP contribution in [0.2, 0.25) is 0 Å². The van der Waals surface area contributed by atoms with Crippen LogP contribution >= 0.6 is 0 Å². The summed E-state index contributed by atoms with van der Waals surface area (Å²) in [6.45, 7) is 6.61. The third-order valence-electron chi connectivity index (χ3n) is 5.82. The van der Waals surface area contributed by atoms with Gasteiger partial charge in [-0.2, -0.15) is 0 Å². The number of piperazine rings is 1. The lowest BCUT2D eigenvalue weighted by Crippen LogP contribution is -2.44. The van der Waals surface area contributed by atoms with Crippen molar-refractivity contribution >= 4 is 5.82 Å². The van der Waals surface area contributed by atoms with Gasteiger partial charge in [0.25, 0.3) is 0 Å². The number of nitrogens with zero attached hydrogens (tertiary/aromatic N) is 4. The molecule has 4 rings (SSSR count).